The minimum atomic E-state index is -1.83. The van der Waals surface area contributed by atoms with Crippen LogP contribution in [0.4, 0.5) is 16.0 Å². The highest BCUT2D eigenvalue weighted by Gasteiger charge is 2.44. The molecule has 2 aromatic rings. The molecule has 1 atom stereocenters. The van der Waals surface area contributed by atoms with E-state index in [1.165, 1.54) is 16.7 Å². The maximum absolute atomic E-state index is 15.9. The molecule has 6 rings (SSSR count). The third-order valence-corrected chi connectivity index (χ3v) is 8.23. The molecule has 3 aliphatic heterocycles. The molecule has 1 fully saturated rings. The highest BCUT2D eigenvalue weighted by molar-refractivity contribution is 5.87. The second kappa shape index (κ2) is 10.3. The summed E-state index contributed by atoms with van der Waals surface area (Å²) in [6, 6.07) is 8.11. The van der Waals surface area contributed by atoms with Gasteiger partial charge < -0.3 is 21.7 Å². The highest BCUT2D eigenvalue weighted by Crippen LogP contribution is 2.42. The number of nitrogens with one attached hydrogen (secondary N) is 1. The van der Waals surface area contributed by atoms with Gasteiger partial charge >= 0.3 is 0 Å². The van der Waals surface area contributed by atoms with Crippen molar-refractivity contribution in [2.75, 3.05) is 37.6 Å². The lowest BCUT2D eigenvalue weighted by Crippen LogP contribution is -2.53. The lowest BCUT2D eigenvalue weighted by molar-refractivity contribution is -0.147. The number of anilines is 2. The number of carbonyl (C=O) groups is 1. The topological polar surface area (TPSA) is 113 Å². The first-order valence-electron chi connectivity index (χ1n) is 13.6. The van der Waals surface area contributed by atoms with Crippen LogP contribution in [0.15, 0.2) is 77.7 Å². The van der Waals surface area contributed by atoms with Gasteiger partial charge in [0, 0.05) is 80.3 Å². The predicted molar refractivity (Wildman–Crippen MR) is 151 cm³/mol. The van der Waals surface area contributed by atoms with Crippen LogP contribution in [-0.4, -0.2) is 63.6 Å². The van der Waals surface area contributed by atoms with E-state index in [4.69, 9.17) is 11.5 Å². The van der Waals surface area contributed by atoms with Crippen molar-refractivity contribution in [2.45, 2.75) is 43.9 Å². The van der Waals surface area contributed by atoms with Crippen LogP contribution < -0.4 is 16.8 Å². The van der Waals surface area contributed by atoms with Crippen LogP contribution in [0.3, 0.4) is 0 Å². The number of likely N-dealkylation sites (tertiary alicyclic amines) is 1. The van der Waals surface area contributed by atoms with Crippen molar-refractivity contribution in [3.8, 4) is 0 Å². The number of nitrogen functional groups attached to an aromatic ring is 2. The molecular formula is C30H34FN7O. The summed E-state index contributed by atoms with van der Waals surface area (Å²) in [7, 11) is 0. The van der Waals surface area contributed by atoms with Crippen molar-refractivity contribution in [2.24, 2.45) is 0 Å². The van der Waals surface area contributed by atoms with Crippen LogP contribution >= 0.6 is 0 Å². The number of allylic oxidation sites excluding steroid dienone is 2. The Morgan fingerprint density at radius 2 is 1.90 bits per heavy atom. The summed E-state index contributed by atoms with van der Waals surface area (Å²) < 4.78 is 15.9. The summed E-state index contributed by atoms with van der Waals surface area (Å²) in [6.45, 7) is 2.53. The second-order valence-electron chi connectivity index (χ2n) is 10.7. The Bertz CT molecular complexity index is 1390. The normalized spacial score (nSPS) is 22.7. The Kier molecular flexibility index (Phi) is 6.68. The molecule has 1 saturated heterocycles. The van der Waals surface area contributed by atoms with Gasteiger partial charge in [0.05, 0.1) is 11.7 Å². The fourth-order valence-electron chi connectivity index (χ4n) is 6.05. The van der Waals surface area contributed by atoms with E-state index in [0.29, 0.717) is 39.1 Å². The average molecular weight is 528 g/mol. The summed E-state index contributed by atoms with van der Waals surface area (Å²) in [6.07, 6.45) is 13.9. The van der Waals surface area contributed by atoms with Gasteiger partial charge in [0.15, 0.2) is 5.67 Å². The zero-order valence-corrected chi connectivity index (χ0v) is 21.9. The summed E-state index contributed by atoms with van der Waals surface area (Å²) in [5, 5.41) is 3.69. The predicted octanol–water partition coefficient (Wildman–Crippen LogP) is 3.37. The molecule has 1 unspecified atom stereocenters. The number of aromatic nitrogens is 2. The molecule has 8 nitrogen and oxygen atoms in total. The van der Waals surface area contributed by atoms with Crippen LogP contribution in [0.5, 0.6) is 0 Å². The van der Waals surface area contributed by atoms with Crippen molar-refractivity contribution < 1.29 is 9.18 Å². The number of hydrogen-bond acceptors (Lipinski definition) is 7. The average Bonchev–Trinajstić information content (AvgIpc) is 3.35. The summed E-state index contributed by atoms with van der Waals surface area (Å²) >= 11 is 0. The molecule has 0 bridgehead atoms. The molecule has 1 aromatic heterocycles. The Morgan fingerprint density at radius 1 is 1.13 bits per heavy atom. The van der Waals surface area contributed by atoms with Gasteiger partial charge in [-0.2, -0.15) is 0 Å². The Labute approximate surface area is 228 Å². The van der Waals surface area contributed by atoms with Crippen molar-refractivity contribution >= 4 is 23.2 Å². The van der Waals surface area contributed by atoms with Gasteiger partial charge in [-0.15, -0.1) is 0 Å². The minimum absolute atomic E-state index is 0.183. The lowest BCUT2D eigenvalue weighted by atomic mass is 9.86. The maximum Gasteiger partial charge on any atom is 0.260 e. The number of benzene rings is 1. The molecule has 1 aliphatic carbocycles. The Balaban J connectivity index is 1.15. The standard InChI is InChI=1S/C30H34FN7O/c31-30(11-15-37(16-12-30)19-20-17-34-29(33)35-18-20)28(39)38-13-9-21(10-14-38)26-23-6-2-4-8-25(23)36-27(26)22-5-1-3-7-24(22)32/h1-7,9,17-18,25,36H,8,10-16,19,32H2,(H2,33,34,35). The molecule has 202 valence electrons. The third-order valence-electron chi connectivity index (χ3n) is 8.23. The van der Waals surface area contributed by atoms with E-state index >= 15 is 4.39 Å². The maximum atomic E-state index is 15.9. The number of piperidine rings is 1. The fraction of sp³-hybridized carbons (Fsp3) is 0.367. The number of alkyl halides is 1. The highest BCUT2D eigenvalue weighted by atomic mass is 19.1. The number of halogens is 1. The van der Waals surface area contributed by atoms with E-state index in [2.05, 4.69) is 44.5 Å². The van der Waals surface area contributed by atoms with Gasteiger partial charge in [0.25, 0.3) is 5.91 Å². The first kappa shape index (κ1) is 25.3. The van der Waals surface area contributed by atoms with Crippen LogP contribution in [0, 0.1) is 0 Å². The van der Waals surface area contributed by atoms with Crippen LogP contribution in [0.25, 0.3) is 5.70 Å². The number of rotatable bonds is 5. The number of hydrogen-bond donors (Lipinski definition) is 3. The molecule has 4 aliphatic rings. The zero-order valence-electron chi connectivity index (χ0n) is 21.9. The molecule has 0 saturated carbocycles. The van der Waals surface area contributed by atoms with Crippen LogP contribution in [0.1, 0.15) is 36.8 Å². The van der Waals surface area contributed by atoms with E-state index in [9.17, 15) is 4.79 Å². The molecule has 5 N–H and O–H groups in total. The van der Waals surface area contributed by atoms with Gasteiger partial charge in [-0.05, 0) is 30.1 Å². The number of amides is 1. The SMILES string of the molecule is Nc1ncc(CN2CCC(F)(C(=O)N3CC=C(C4=C(c5ccccc5N)NC5CC=CC=C45)CC3)CC2)cn1. The zero-order chi connectivity index (χ0) is 27.0. The summed E-state index contributed by atoms with van der Waals surface area (Å²) in [5.41, 5.74) is 17.4. The van der Waals surface area contributed by atoms with Crippen molar-refractivity contribution in [3.05, 3.63) is 88.8 Å². The summed E-state index contributed by atoms with van der Waals surface area (Å²) in [4.78, 5) is 25.2. The largest absolute Gasteiger partial charge is 0.398 e. The molecule has 0 spiro atoms. The monoisotopic (exact) mass is 527 g/mol. The van der Waals surface area contributed by atoms with Gasteiger partial charge in [-0.3, -0.25) is 9.69 Å². The first-order chi connectivity index (χ1) is 18.9. The second-order valence-corrected chi connectivity index (χ2v) is 10.7. The van der Waals surface area contributed by atoms with E-state index in [1.54, 1.807) is 17.3 Å². The van der Waals surface area contributed by atoms with E-state index in [1.807, 2.05) is 24.3 Å². The number of para-hydroxylation sites is 1. The van der Waals surface area contributed by atoms with Gasteiger partial charge in [-0.1, -0.05) is 42.5 Å². The number of fused-ring (bicyclic) bond motifs is 1. The van der Waals surface area contributed by atoms with Crippen LogP contribution in [-0.2, 0) is 11.3 Å². The molecular weight excluding hydrogens is 493 g/mol. The van der Waals surface area contributed by atoms with Crippen molar-refractivity contribution in [1.82, 2.24) is 25.1 Å². The molecule has 4 heterocycles. The van der Waals surface area contributed by atoms with E-state index in [0.717, 1.165) is 28.9 Å². The number of nitrogens with two attached hydrogens (primary N) is 2. The molecule has 9 heteroatoms. The summed E-state index contributed by atoms with van der Waals surface area (Å²) in [5.74, 6) is -0.158. The fourth-order valence-corrected chi connectivity index (χ4v) is 6.05. The Morgan fingerprint density at radius 3 is 2.62 bits per heavy atom. The van der Waals surface area contributed by atoms with Gasteiger partial charge in [0.2, 0.25) is 5.95 Å². The van der Waals surface area contributed by atoms with Crippen LogP contribution in [0.2, 0.25) is 0 Å². The first-order valence-corrected chi connectivity index (χ1v) is 13.6. The molecule has 0 radical (unpaired) electrons. The van der Waals surface area contributed by atoms with Gasteiger partial charge in [0.1, 0.15) is 0 Å². The van der Waals surface area contributed by atoms with E-state index in [-0.39, 0.29) is 24.8 Å². The molecule has 39 heavy (non-hydrogen) atoms. The number of carbonyl (C=O) groups excluding carboxylic acids is 1. The minimum Gasteiger partial charge on any atom is -0.398 e. The third kappa shape index (κ3) is 4.94. The Hall–Kier alpha value is -3.98. The lowest BCUT2D eigenvalue weighted by Gasteiger charge is -2.39. The molecule has 1 amide bonds. The number of nitrogens with zero attached hydrogens (tertiary/aromatic N) is 4. The smallest absolute Gasteiger partial charge is 0.260 e. The van der Waals surface area contributed by atoms with Crippen molar-refractivity contribution in [1.29, 1.82) is 0 Å². The molecule has 1 aromatic carbocycles. The van der Waals surface area contributed by atoms with Crippen molar-refractivity contribution in [3.63, 3.8) is 0 Å². The van der Waals surface area contributed by atoms with E-state index < -0.39 is 11.6 Å². The quantitative estimate of drug-likeness (QED) is 0.511. The van der Waals surface area contributed by atoms with Gasteiger partial charge in [-0.25, -0.2) is 14.4 Å².